The maximum atomic E-state index is 13.6. The van der Waals surface area contributed by atoms with Crippen LogP contribution in [0.3, 0.4) is 0 Å². The van der Waals surface area contributed by atoms with Crippen molar-refractivity contribution in [2.24, 2.45) is 5.73 Å². The molecule has 3 amide bonds. The van der Waals surface area contributed by atoms with Crippen LogP contribution in [0, 0.1) is 0 Å². The van der Waals surface area contributed by atoms with Crippen molar-refractivity contribution in [2.45, 2.75) is 123 Å². The van der Waals surface area contributed by atoms with Crippen LogP contribution in [-0.2, 0) is 33.5 Å². The molecule has 570 valence electrons. The lowest BCUT2D eigenvalue weighted by molar-refractivity contribution is -0.154. The average Bonchev–Trinajstić information content (AvgIpc) is 0.778. The van der Waals surface area contributed by atoms with Crippen LogP contribution in [0.25, 0.3) is 0 Å². The molecule has 0 saturated carbocycles. The third kappa shape index (κ3) is 24.8. The van der Waals surface area contributed by atoms with Gasteiger partial charge < -0.3 is 49.6 Å². The van der Waals surface area contributed by atoms with E-state index in [1.54, 1.807) is 101 Å². The summed E-state index contributed by atoms with van der Waals surface area (Å²) in [5.74, 6) is 0.570. The van der Waals surface area contributed by atoms with Gasteiger partial charge in [-0.1, -0.05) is 171 Å². The Bertz CT molecular complexity index is 4510. The molecule has 9 aromatic carbocycles. The van der Waals surface area contributed by atoms with Crippen molar-refractivity contribution < 1.29 is 67.3 Å². The van der Waals surface area contributed by atoms with E-state index in [0.29, 0.717) is 77.5 Å². The molecule has 15 nitrogen and oxygen atoms in total. The van der Waals surface area contributed by atoms with Gasteiger partial charge in [0.05, 0.1) is 36.6 Å². The van der Waals surface area contributed by atoms with Crippen molar-refractivity contribution in [3.8, 4) is 17.2 Å². The number of esters is 1. The Hall–Kier alpha value is -11.5. The number of hydrogen-bond donors (Lipinski definition) is 3. The first-order valence-electron chi connectivity index (χ1n) is 37.3. The number of nitrogens with two attached hydrogens (primary N) is 1. The molecular weight excluding hydrogens is 1380 g/mol. The molecule has 18 heteroatoms. The molecule has 3 aliphatic rings. The van der Waals surface area contributed by atoms with Crippen LogP contribution in [0.4, 0.5) is 18.0 Å². The van der Waals surface area contributed by atoms with Crippen molar-refractivity contribution in [1.82, 2.24) is 15.1 Å². The van der Waals surface area contributed by atoms with Crippen LogP contribution in [0.5, 0.6) is 17.2 Å². The minimum Gasteiger partial charge on any atom is -0.489 e. The number of nitrogens with one attached hydrogen (secondary N) is 1. The van der Waals surface area contributed by atoms with E-state index in [-0.39, 0.29) is 80.8 Å². The summed E-state index contributed by atoms with van der Waals surface area (Å²) in [7, 11) is 1.25. The summed E-state index contributed by atoms with van der Waals surface area (Å²) in [5, 5.41) is 11.3. The highest BCUT2D eigenvalue weighted by atomic mass is 19.1. The van der Waals surface area contributed by atoms with Crippen LogP contribution >= 0.6 is 0 Å². The van der Waals surface area contributed by atoms with Gasteiger partial charge in [-0.15, -0.1) is 0 Å². The summed E-state index contributed by atoms with van der Waals surface area (Å²) in [5.41, 5.74) is 18.0. The Kier molecular flexibility index (Phi) is 30.7. The summed E-state index contributed by atoms with van der Waals surface area (Å²) >= 11 is 0. The first kappa shape index (κ1) is 81.6. The Balaban J connectivity index is 0.000000190. The number of ether oxygens (including phenoxy) is 5. The number of halogens is 3. The molecule has 109 heavy (non-hydrogen) atoms. The third-order valence-corrected chi connectivity index (χ3v) is 18.1. The van der Waals surface area contributed by atoms with Crippen LogP contribution in [-0.4, -0.2) is 102 Å². The second kappa shape index (κ2) is 41.0. The second-order valence-corrected chi connectivity index (χ2v) is 28.3. The largest absolute Gasteiger partial charge is 0.489 e. The number of benzene rings is 9. The molecule has 4 N–H and O–H groups in total. The lowest BCUT2D eigenvalue weighted by atomic mass is 9.79. The molecule has 0 radical (unpaired) electrons. The number of carbonyl (C=O) groups excluding carboxylic acids is 4. The van der Waals surface area contributed by atoms with Gasteiger partial charge in [0.15, 0.2) is 0 Å². The quantitative estimate of drug-likeness (QED) is 0.0577. The molecule has 0 spiro atoms. The molecular formula is C91H99F3N4O11. The molecule has 0 saturated heterocycles. The summed E-state index contributed by atoms with van der Waals surface area (Å²) < 4.78 is 71.5. The highest BCUT2D eigenvalue weighted by Gasteiger charge is 2.34. The molecule has 1 aliphatic carbocycles. The molecule has 0 aromatic heterocycles. The number of carbonyl (C=O) groups is 5. The van der Waals surface area contributed by atoms with E-state index >= 15 is 0 Å². The zero-order valence-corrected chi connectivity index (χ0v) is 63.0. The number of aryl methyl sites for hydroxylation is 1. The van der Waals surface area contributed by atoms with Crippen molar-refractivity contribution in [3.63, 3.8) is 0 Å². The molecule has 2 heterocycles. The Morgan fingerprint density at radius 1 is 0.477 bits per heavy atom. The third-order valence-electron chi connectivity index (χ3n) is 18.1. The first-order valence-corrected chi connectivity index (χ1v) is 36.3. The number of amides is 3. The van der Waals surface area contributed by atoms with Crippen LogP contribution in [0.15, 0.2) is 272 Å². The maximum Gasteiger partial charge on any atom is 0.407 e. The van der Waals surface area contributed by atoms with Crippen molar-refractivity contribution in [1.29, 1.82) is 0 Å². The van der Waals surface area contributed by atoms with E-state index < -0.39 is 29.2 Å². The van der Waals surface area contributed by atoms with Gasteiger partial charge in [-0.2, -0.15) is 0 Å². The topological polar surface area (TPSA) is 196 Å². The SMILES string of the molecule is CC(C)(C)OC(=O)CCC(=CF)COc1ccc(C(=O)O)cc1.CC(C)(C)OC(=O)NCC(=CF)COc1ccc(C(=O)N2CCc3ccccc3[C@@H]2c2ccccc2)cc1.NCC(=CF)COc1ccc(C(=O)N2CCc3ccccc3[C@@H]2c2ccccc2)cc1.[3H]C.c1ccc([C@@H]2CCCc3ccccc32)cc1. The van der Waals surface area contributed by atoms with E-state index in [4.69, 9.17) is 35.9 Å². The van der Waals surface area contributed by atoms with Crippen LogP contribution in [0.1, 0.15) is 175 Å². The number of fused-ring (bicyclic) bond motifs is 3. The number of carboxylic acids is 1. The van der Waals surface area contributed by atoms with Gasteiger partial charge in [-0.25, -0.2) is 22.8 Å². The minimum absolute atomic E-state index is 0.0221. The zero-order chi connectivity index (χ0) is 79.0. The second-order valence-electron chi connectivity index (χ2n) is 28.3. The monoisotopic (exact) mass is 1480 g/mol. The zero-order valence-electron chi connectivity index (χ0n) is 64.0. The highest BCUT2D eigenvalue weighted by molar-refractivity contribution is 5.96. The number of alkyl carbamates (subject to hydrolysis) is 1. The van der Waals surface area contributed by atoms with Gasteiger partial charge in [0.1, 0.15) is 48.3 Å². The van der Waals surface area contributed by atoms with E-state index in [1.165, 1.54) is 73.2 Å². The normalized spacial score (nSPS) is 15.3. The predicted octanol–water partition coefficient (Wildman–Crippen LogP) is 19.4. The molecule has 0 unspecified atom stereocenters. The van der Waals surface area contributed by atoms with Crippen molar-refractivity contribution in [3.05, 3.63) is 339 Å². The van der Waals surface area contributed by atoms with E-state index in [1.807, 2.05) is 70.5 Å². The van der Waals surface area contributed by atoms with Crippen molar-refractivity contribution >= 4 is 29.8 Å². The number of rotatable bonds is 21. The van der Waals surface area contributed by atoms with Crippen molar-refractivity contribution in [2.75, 3.05) is 46.0 Å². The Morgan fingerprint density at radius 2 is 0.853 bits per heavy atom. The van der Waals surface area contributed by atoms with Gasteiger partial charge in [0.25, 0.3) is 11.8 Å². The average molecular weight is 1480 g/mol. The predicted molar refractivity (Wildman–Crippen MR) is 422 cm³/mol. The van der Waals surface area contributed by atoms with E-state index in [2.05, 4.69) is 108 Å². The van der Waals surface area contributed by atoms with Crippen LogP contribution in [0.2, 0.25) is 0 Å². The van der Waals surface area contributed by atoms with Gasteiger partial charge in [-0.05, 0) is 209 Å². The maximum absolute atomic E-state index is 13.6. The number of carboxylic acid groups (broad SMARTS) is 1. The molecule has 9 aromatic rings. The van der Waals surface area contributed by atoms with Gasteiger partial charge in [0.2, 0.25) is 0 Å². The smallest absolute Gasteiger partial charge is 0.407 e. The number of nitrogens with zero attached hydrogens (tertiary/aromatic N) is 2. The van der Waals surface area contributed by atoms with Crippen LogP contribution < -0.4 is 25.3 Å². The molecule has 0 bridgehead atoms. The Labute approximate surface area is 640 Å². The number of aromatic carboxylic acids is 1. The first-order chi connectivity index (χ1) is 53.1. The molecule has 2 aliphatic heterocycles. The highest BCUT2D eigenvalue weighted by Crippen LogP contribution is 2.39. The fraction of sp³-hybridized carbons (Fsp3) is 0.286. The summed E-state index contributed by atoms with van der Waals surface area (Å²) in [6.45, 7) is 11.9. The lowest BCUT2D eigenvalue weighted by Crippen LogP contribution is -2.40. The fourth-order valence-corrected chi connectivity index (χ4v) is 12.9. The number of hydrogen-bond acceptors (Lipinski definition) is 11. The lowest BCUT2D eigenvalue weighted by Gasteiger charge is -2.38. The van der Waals surface area contributed by atoms with E-state index in [0.717, 1.165) is 29.5 Å². The van der Waals surface area contributed by atoms with E-state index in [9.17, 15) is 37.1 Å². The minimum atomic E-state index is -1.03. The molecule has 12 rings (SSSR count). The Morgan fingerprint density at radius 3 is 1.27 bits per heavy atom. The summed E-state index contributed by atoms with van der Waals surface area (Å²) in [6, 6.07) is 75.9. The summed E-state index contributed by atoms with van der Waals surface area (Å²) in [4.78, 5) is 65.1. The van der Waals surface area contributed by atoms with Gasteiger partial charge in [0, 0.05) is 62.2 Å². The van der Waals surface area contributed by atoms with Gasteiger partial charge in [-0.3, -0.25) is 14.4 Å². The standard InChI is InChI=1S/C31H33FN2O4.C26H25FN2O2.C17H21FO5.C16H16.CH4/c1-31(2,3)38-30(36)33-20-22(19-32)21-37-26-15-13-25(14-16-26)29(35)34-18-17-23-9-7-8-12-27(23)28(34)24-10-5-4-6-11-24;27-16-19(17-28)18-31-23-12-10-22(11-13-23)26(30)29-15-14-20-6-4-5-9-24(20)25(29)21-7-2-1-3-8-21;1-17(2,3)23-15(19)9-4-12(10-18)11-22-14-7-5-13(6-8-14)16(20)21;1-2-7-13(8-3-1)16-12-6-10-14-9-4-5-11-15(14)16;/h4-16,19,28H,17-18,20-21H2,1-3H3,(H,33,36);1-13,16,25H,14-15,17-18,28H2;5-8,10H,4,9,11H2,1-3H3,(H,20,21);1-5,7-9,11,16H,6,10,12H2;1H4/t28-;25-;;16-;/m00.0./s1/i;;;;1T. The van der Waals surface area contributed by atoms with Gasteiger partial charge >= 0.3 is 18.0 Å². The molecule has 3 atom stereocenters. The fourth-order valence-electron chi connectivity index (χ4n) is 12.9. The summed E-state index contributed by atoms with van der Waals surface area (Å²) in [6.07, 6.45) is 6.39. The molecule has 0 fully saturated rings.